The molecule has 1 saturated carbocycles. The molecule has 1 aromatic rings. The summed E-state index contributed by atoms with van der Waals surface area (Å²) in [7, 11) is -3.48. The van der Waals surface area contributed by atoms with Gasteiger partial charge in [0.15, 0.2) is 0 Å². The fourth-order valence-electron chi connectivity index (χ4n) is 1.98. The lowest BCUT2D eigenvalue weighted by molar-refractivity contribution is 0.579. The smallest absolute Gasteiger partial charge is 0.240 e. The summed E-state index contributed by atoms with van der Waals surface area (Å²) < 4.78 is 27.3. The number of rotatable bonds is 6. The molecule has 0 unspecified atom stereocenters. The van der Waals surface area contributed by atoms with E-state index in [1.165, 1.54) is 0 Å². The van der Waals surface area contributed by atoms with Crippen molar-refractivity contribution < 1.29 is 8.42 Å². The summed E-state index contributed by atoms with van der Waals surface area (Å²) >= 11 is 6.64. The highest BCUT2D eigenvalue weighted by atomic mass is 32.2. The Balaban J connectivity index is 2.17. The number of nitrogens with two attached hydrogens (primary N) is 1. The number of sulfonamides is 1. The first-order valence-electron chi connectivity index (χ1n) is 6.25. The lowest BCUT2D eigenvalue weighted by Crippen LogP contribution is -2.31. The van der Waals surface area contributed by atoms with Crippen LogP contribution in [-0.4, -0.2) is 31.0 Å². The van der Waals surface area contributed by atoms with Gasteiger partial charge in [-0.3, -0.25) is 0 Å². The summed E-state index contributed by atoms with van der Waals surface area (Å²) in [6.45, 7) is 2.28. The second-order valence-corrected chi connectivity index (χ2v) is 8.53. The molecule has 2 rings (SSSR count). The van der Waals surface area contributed by atoms with Crippen molar-refractivity contribution in [1.82, 2.24) is 4.72 Å². The molecule has 3 N–H and O–H groups in total. The van der Waals surface area contributed by atoms with E-state index in [9.17, 15) is 8.42 Å². The fourth-order valence-corrected chi connectivity index (χ4v) is 4.24. The van der Waals surface area contributed by atoms with Crippen molar-refractivity contribution in [2.75, 3.05) is 12.8 Å². The van der Waals surface area contributed by atoms with Crippen LogP contribution in [0.1, 0.15) is 24.0 Å². The molecule has 110 valence electrons. The van der Waals surface area contributed by atoms with Gasteiger partial charge in [0.2, 0.25) is 10.0 Å². The van der Waals surface area contributed by atoms with Gasteiger partial charge in [0.05, 0.1) is 4.90 Å². The van der Waals surface area contributed by atoms with Crippen molar-refractivity contribution in [3.05, 3.63) is 29.3 Å². The second kappa shape index (κ2) is 5.63. The maximum atomic E-state index is 12.3. The third-order valence-electron chi connectivity index (χ3n) is 3.60. The van der Waals surface area contributed by atoms with E-state index < -0.39 is 10.0 Å². The molecule has 0 saturated heterocycles. The minimum absolute atomic E-state index is 0.0981. The van der Waals surface area contributed by atoms with E-state index in [0.717, 1.165) is 18.4 Å². The second-order valence-electron chi connectivity index (χ2n) is 5.05. The van der Waals surface area contributed by atoms with Gasteiger partial charge in [-0.2, -0.15) is 11.8 Å². The van der Waals surface area contributed by atoms with E-state index in [1.54, 1.807) is 36.9 Å². The standard InChI is InChI=1S/C13H18N2O2S3/c1-9-7-10(3-4-11(9)12(14)18)20(16,17)15-8-13(19-2)5-6-13/h3-4,7,15H,5-6,8H2,1-2H3,(H2,14,18). The Kier molecular flexibility index (Phi) is 4.44. The Morgan fingerprint density at radius 3 is 2.60 bits per heavy atom. The average Bonchev–Trinajstić information content (AvgIpc) is 3.16. The molecule has 0 heterocycles. The molecule has 1 aliphatic rings. The molecule has 0 aromatic heterocycles. The van der Waals surface area contributed by atoms with Crippen LogP contribution in [0.5, 0.6) is 0 Å². The molecule has 0 atom stereocenters. The number of thioether (sulfide) groups is 1. The lowest BCUT2D eigenvalue weighted by Gasteiger charge is -2.14. The highest BCUT2D eigenvalue weighted by molar-refractivity contribution is 8.00. The summed E-state index contributed by atoms with van der Waals surface area (Å²) in [4.78, 5) is 0.533. The molecule has 1 aliphatic carbocycles. The highest BCUT2D eigenvalue weighted by Crippen LogP contribution is 2.46. The van der Waals surface area contributed by atoms with Gasteiger partial charge in [-0.15, -0.1) is 0 Å². The van der Waals surface area contributed by atoms with Gasteiger partial charge in [0.1, 0.15) is 4.99 Å². The highest BCUT2D eigenvalue weighted by Gasteiger charge is 2.42. The summed E-state index contributed by atoms with van der Waals surface area (Å²) in [5.41, 5.74) is 7.06. The van der Waals surface area contributed by atoms with Crippen LogP contribution in [0.25, 0.3) is 0 Å². The number of thiocarbonyl (C=S) groups is 1. The first-order valence-corrected chi connectivity index (χ1v) is 9.37. The summed E-state index contributed by atoms with van der Waals surface area (Å²) in [6.07, 6.45) is 4.15. The maximum Gasteiger partial charge on any atom is 0.240 e. The Labute approximate surface area is 129 Å². The van der Waals surface area contributed by atoms with E-state index in [1.807, 2.05) is 6.26 Å². The number of nitrogens with one attached hydrogen (secondary N) is 1. The van der Waals surface area contributed by atoms with Crippen LogP contribution in [0.3, 0.4) is 0 Å². The van der Waals surface area contributed by atoms with Crippen LogP contribution in [0, 0.1) is 6.92 Å². The number of benzene rings is 1. The summed E-state index contributed by atoms with van der Waals surface area (Å²) in [5.74, 6) is 0. The Hall–Kier alpha value is -0.630. The van der Waals surface area contributed by atoms with Gasteiger partial charge in [-0.25, -0.2) is 13.1 Å². The van der Waals surface area contributed by atoms with Gasteiger partial charge < -0.3 is 5.73 Å². The normalized spacial score (nSPS) is 16.9. The topological polar surface area (TPSA) is 72.2 Å². The quantitative estimate of drug-likeness (QED) is 0.778. The summed E-state index contributed by atoms with van der Waals surface area (Å²) in [6, 6.07) is 4.81. The van der Waals surface area contributed by atoms with Crippen molar-refractivity contribution in [1.29, 1.82) is 0 Å². The van der Waals surface area contributed by atoms with E-state index in [0.29, 0.717) is 12.1 Å². The molecule has 1 aromatic carbocycles. The van der Waals surface area contributed by atoms with Crippen LogP contribution < -0.4 is 10.5 Å². The molecule has 0 spiro atoms. The van der Waals surface area contributed by atoms with E-state index in [4.69, 9.17) is 18.0 Å². The SMILES string of the molecule is CSC1(CNS(=O)(=O)c2ccc(C(N)=S)c(C)c2)CC1. The molecule has 0 aliphatic heterocycles. The van der Waals surface area contributed by atoms with Crippen LogP contribution in [-0.2, 0) is 10.0 Å². The molecule has 0 radical (unpaired) electrons. The molecule has 4 nitrogen and oxygen atoms in total. The van der Waals surface area contributed by atoms with Gasteiger partial charge in [-0.05, 0) is 43.7 Å². The van der Waals surface area contributed by atoms with Crippen LogP contribution in [0.4, 0.5) is 0 Å². The van der Waals surface area contributed by atoms with Crippen molar-refractivity contribution in [3.8, 4) is 0 Å². The van der Waals surface area contributed by atoms with Crippen molar-refractivity contribution in [3.63, 3.8) is 0 Å². The first-order chi connectivity index (χ1) is 9.30. The molecular weight excluding hydrogens is 312 g/mol. The number of aryl methyl sites for hydroxylation is 1. The predicted octanol–water partition coefficient (Wildman–Crippen LogP) is 1.80. The summed E-state index contributed by atoms with van der Waals surface area (Å²) in [5, 5.41) is 0. The van der Waals surface area contributed by atoms with Crippen LogP contribution in [0.15, 0.2) is 23.1 Å². The fraction of sp³-hybridized carbons (Fsp3) is 0.462. The van der Waals surface area contributed by atoms with Crippen molar-refractivity contribution >= 4 is 39.0 Å². The van der Waals surface area contributed by atoms with E-state index in [-0.39, 0.29) is 14.6 Å². The number of hydrogen-bond donors (Lipinski definition) is 2. The predicted molar refractivity (Wildman–Crippen MR) is 87.7 cm³/mol. The van der Waals surface area contributed by atoms with Gasteiger partial charge in [0.25, 0.3) is 0 Å². The zero-order chi connectivity index (χ0) is 15.0. The third kappa shape index (κ3) is 3.33. The van der Waals surface area contributed by atoms with Crippen molar-refractivity contribution in [2.24, 2.45) is 5.73 Å². The molecule has 1 fully saturated rings. The van der Waals surface area contributed by atoms with Gasteiger partial charge in [-0.1, -0.05) is 18.3 Å². The van der Waals surface area contributed by atoms with Gasteiger partial charge >= 0.3 is 0 Å². The Morgan fingerprint density at radius 1 is 1.50 bits per heavy atom. The van der Waals surface area contributed by atoms with E-state index >= 15 is 0 Å². The molecule has 0 amide bonds. The zero-order valence-electron chi connectivity index (χ0n) is 11.5. The zero-order valence-corrected chi connectivity index (χ0v) is 13.9. The molecule has 20 heavy (non-hydrogen) atoms. The molecule has 0 bridgehead atoms. The minimum Gasteiger partial charge on any atom is -0.389 e. The van der Waals surface area contributed by atoms with Crippen molar-refractivity contribution in [2.45, 2.75) is 29.4 Å². The maximum absolute atomic E-state index is 12.3. The average molecular weight is 331 g/mol. The first kappa shape index (κ1) is 15.8. The largest absolute Gasteiger partial charge is 0.389 e. The lowest BCUT2D eigenvalue weighted by atomic mass is 10.1. The Bertz CT molecular complexity index is 637. The third-order valence-corrected chi connectivity index (χ3v) is 6.64. The Morgan fingerprint density at radius 2 is 2.15 bits per heavy atom. The van der Waals surface area contributed by atoms with Crippen LogP contribution >= 0.6 is 24.0 Å². The van der Waals surface area contributed by atoms with Gasteiger partial charge in [0, 0.05) is 16.9 Å². The molecule has 7 heteroatoms. The van der Waals surface area contributed by atoms with Crippen LogP contribution in [0.2, 0.25) is 0 Å². The minimum atomic E-state index is -3.48. The van der Waals surface area contributed by atoms with E-state index in [2.05, 4.69) is 4.72 Å². The number of hydrogen-bond acceptors (Lipinski definition) is 4. The monoisotopic (exact) mass is 330 g/mol. The molecular formula is C13H18N2O2S3.